The number of aliphatic hydroxyl groups excluding tert-OH is 1. The van der Waals surface area contributed by atoms with Crippen LogP contribution in [-0.4, -0.2) is 42.1 Å². The summed E-state index contributed by atoms with van der Waals surface area (Å²) in [5, 5.41) is 9.57. The first-order chi connectivity index (χ1) is 8.29. The summed E-state index contributed by atoms with van der Waals surface area (Å²) in [6.07, 6.45) is -2.04. The van der Waals surface area contributed by atoms with Gasteiger partial charge in [-0.2, -0.15) is 0 Å². The fourth-order valence-electron chi connectivity index (χ4n) is 2.10. The van der Waals surface area contributed by atoms with E-state index in [1.165, 1.54) is 0 Å². The van der Waals surface area contributed by atoms with Crippen molar-refractivity contribution >= 4 is 11.9 Å². The first-order valence-electron chi connectivity index (χ1n) is 5.99. The van der Waals surface area contributed by atoms with E-state index in [1.807, 2.05) is 0 Å². The molecule has 0 aliphatic carbocycles. The second kappa shape index (κ2) is 4.51. The van der Waals surface area contributed by atoms with Crippen molar-refractivity contribution in [3.05, 3.63) is 0 Å². The van der Waals surface area contributed by atoms with E-state index in [0.29, 0.717) is 0 Å². The highest BCUT2D eigenvalue weighted by Crippen LogP contribution is 2.36. The largest absolute Gasteiger partial charge is 0.463 e. The van der Waals surface area contributed by atoms with Gasteiger partial charge in [0.05, 0.1) is 11.8 Å². The Balaban J connectivity index is 1.91. The lowest BCUT2D eigenvalue weighted by atomic mass is 9.96. The molecule has 0 radical (unpaired) electrons. The Hall–Kier alpha value is -1.14. The smallest absolute Gasteiger partial charge is 0.311 e. The third-order valence-corrected chi connectivity index (χ3v) is 3.16. The highest BCUT2D eigenvalue weighted by molar-refractivity contribution is 5.75. The summed E-state index contributed by atoms with van der Waals surface area (Å²) in [6.45, 7) is 5.30. The van der Waals surface area contributed by atoms with Crippen molar-refractivity contribution in [1.29, 1.82) is 0 Å². The normalized spacial score (nSPS) is 35.2. The number of fused-ring (bicyclic) bond motifs is 1. The summed E-state index contributed by atoms with van der Waals surface area (Å²) < 4.78 is 15.3. The molecule has 2 saturated heterocycles. The van der Waals surface area contributed by atoms with Gasteiger partial charge in [0.2, 0.25) is 0 Å². The van der Waals surface area contributed by atoms with Crippen molar-refractivity contribution in [1.82, 2.24) is 0 Å². The van der Waals surface area contributed by atoms with Gasteiger partial charge in [-0.1, -0.05) is 0 Å². The van der Waals surface area contributed by atoms with Crippen LogP contribution in [0, 0.1) is 11.3 Å². The minimum absolute atomic E-state index is 0.0327. The Morgan fingerprint density at radius 3 is 2.78 bits per heavy atom. The Labute approximate surface area is 105 Å². The number of aliphatic hydroxyl groups is 1. The van der Waals surface area contributed by atoms with Crippen LogP contribution in [0.25, 0.3) is 0 Å². The molecule has 0 spiro atoms. The zero-order valence-electron chi connectivity index (χ0n) is 10.7. The molecule has 0 aromatic rings. The Kier molecular flexibility index (Phi) is 3.33. The molecule has 4 atom stereocenters. The van der Waals surface area contributed by atoms with Crippen LogP contribution < -0.4 is 0 Å². The summed E-state index contributed by atoms with van der Waals surface area (Å²) >= 11 is 0. The molecular formula is C12H18O6. The minimum atomic E-state index is -1.13. The van der Waals surface area contributed by atoms with Crippen molar-refractivity contribution in [3.8, 4) is 0 Å². The monoisotopic (exact) mass is 258 g/mol. The maximum absolute atomic E-state index is 11.6. The maximum atomic E-state index is 11.6. The molecule has 102 valence electrons. The number of ether oxygens (including phenoxy) is 3. The molecule has 0 amide bonds. The predicted molar refractivity (Wildman–Crippen MR) is 59.3 cm³/mol. The van der Waals surface area contributed by atoms with Gasteiger partial charge < -0.3 is 19.3 Å². The fraction of sp³-hybridized carbons (Fsp3) is 0.833. The Morgan fingerprint density at radius 2 is 2.17 bits per heavy atom. The van der Waals surface area contributed by atoms with Crippen LogP contribution in [0.2, 0.25) is 0 Å². The summed E-state index contributed by atoms with van der Waals surface area (Å²) in [6, 6.07) is 0. The quantitative estimate of drug-likeness (QED) is 0.714. The molecule has 0 aromatic heterocycles. The summed E-state index contributed by atoms with van der Waals surface area (Å²) in [5.74, 6) is -0.922. The van der Waals surface area contributed by atoms with Crippen LogP contribution in [-0.2, 0) is 23.8 Å². The second-order valence-corrected chi connectivity index (χ2v) is 5.74. The molecule has 0 unspecified atom stereocenters. The average Bonchev–Trinajstić information content (AvgIpc) is 2.74. The molecule has 1 N–H and O–H groups in total. The van der Waals surface area contributed by atoms with Crippen LogP contribution in [0.3, 0.4) is 0 Å². The molecule has 6 nitrogen and oxygen atoms in total. The van der Waals surface area contributed by atoms with Gasteiger partial charge in [0.15, 0.2) is 12.4 Å². The number of hydrogen-bond donors (Lipinski definition) is 1. The number of carbonyl (C=O) groups is 2. The van der Waals surface area contributed by atoms with Gasteiger partial charge in [-0.15, -0.1) is 0 Å². The van der Waals surface area contributed by atoms with E-state index in [0.717, 1.165) is 0 Å². The third-order valence-electron chi connectivity index (χ3n) is 3.16. The average molecular weight is 258 g/mol. The van der Waals surface area contributed by atoms with E-state index in [1.54, 1.807) is 20.8 Å². The molecule has 0 aromatic carbocycles. The molecule has 2 aliphatic heterocycles. The van der Waals surface area contributed by atoms with Crippen LogP contribution in [0.5, 0.6) is 0 Å². The van der Waals surface area contributed by atoms with Crippen molar-refractivity contribution < 1.29 is 28.9 Å². The fourth-order valence-corrected chi connectivity index (χ4v) is 2.10. The SMILES string of the molecule is CC(C)(C)C(=O)OC[C@H]1O[C@H](O)[C@H]2OC(=O)C[C@H]21. The standard InChI is InChI=1S/C12H18O6/c1-12(2,3)11(15)16-5-7-6-4-8(13)18-9(6)10(14)17-7/h6-7,9-10,14H,4-5H2,1-3H3/t6-,7+,9-,10-/m0/s1. The summed E-state index contributed by atoms with van der Waals surface area (Å²) in [7, 11) is 0. The van der Waals surface area contributed by atoms with Crippen LogP contribution in [0.4, 0.5) is 0 Å². The van der Waals surface area contributed by atoms with E-state index in [-0.39, 0.29) is 30.9 Å². The number of carbonyl (C=O) groups excluding carboxylic acids is 2. The zero-order chi connectivity index (χ0) is 13.5. The second-order valence-electron chi connectivity index (χ2n) is 5.74. The van der Waals surface area contributed by atoms with E-state index < -0.39 is 23.9 Å². The lowest BCUT2D eigenvalue weighted by molar-refractivity contribution is -0.173. The molecule has 2 aliphatic rings. The summed E-state index contributed by atoms with van der Waals surface area (Å²) in [5.41, 5.74) is -0.585. The number of rotatable bonds is 2. The van der Waals surface area contributed by atoms with E-state index >= 15 is 0 Å². The van der Waals surface area contributed by atoms with Gasteiger partial charge in [0, 0.05) is 5.92 Å². The third kappa shape index (κ3) is 2.49. The molecule has 2 heterocycles. The van der Waals surface area contributed by atoms with Gasteiger partial charge in [-0.05, 0) is 20.8 Å². The van der Waals surface area contributed by atoms with E-state index in [4.69, 9.17) is 14.2 Å². The topological polar surface area (TPSA) is 82.1 Å². The molecule has 6 heteroatoms. The molecular weight excluding hydrogens is 240 g/mol. The van der Waals surface area contributed by atoms with Gasteiger partial charge >= 0.3 is 11.9 Å². The van der Waals surface area contributed by atoms with Gasteiger partial charge in [-0.3, -0.25) is 9.59 Å². The highest BCUT2D eigenvalue weighted by atomic mass is 16.7. The van der Waals surface area contributed by atoms with E-state index in [2.05, 4.69) is 0 Å². The van der Waals surface area contributed by atoms with Gasteiger partial charge in [-0.25, -0.2) is 0 Å². The van der Waals surface area contributed by atoms with Crippen LogP contribution in [0.1, 0.15) is 27.2 Å². The first-order valence-corrected chi connectivity index (χ1v) is 5.99. The summed E-state index contributed by atoms with van der Waals surface area (Å²) in [4.78, 5) is 22.8. The number of esters is 2. The molecule has 18 heavy (non-hydrogen) atoms. The van der Waals surface area contributed by atoms with Gasteiger partial charge in [0.1, 0.15) is 12.7 Å². The highest BCUT2D eigenvalue weighted by Gasteiger charge is 2.52. The number of hydrogen-bond acceptors (Lipinski definition) is 6. The van der Waals surface area contributed by atoms with Crippen molar-refractivity contribution in [2.75, 3.05) is 6.61 Å². The minimum Gasteiger partial charge on any atom is -0.463 e. The molecule has 2 fully saturated rings. The molecule has 0 bridgehead atoms. The Morgan fingerprint density at radius 1 is 1.50 bits per heavy atom. The lowest BCUT2D eigenvalue weighted by Crippen LogP contribution is -2.30. The van der Waals surface area contributed by atoms with Crippen molar-refractivity contribution in [3.63, 3.8) is 0 Å². The maximum Gasteiger partial charge on any atom is 0.311 e. The van der Waals surface area contributed by atoms with E-state index in [9.17, 15) is 14.7 Å². The van der Waals surface area contributed by atoms with Gasteiger partial charge in [0.25, 0.3) is 0 Å². The predicted octanol–water partition coefficient (Wildman–Crippen LogP) is 0.225. The Bertz CT molecular complexity index is 358. The molecule has 2 rings (SSSR count). The van der Waals surface area contributed by atoms with Crippen molar-refractivity contribution in [2.24, 2.45) is 11.3 Å². The van der Waals surface area contributed by atoms with Crippen molar-refractivity contribution in [2.45, 2.75) is 45.7 Å². The lowest BCUT2D eigenvalue weighted by Gasteiger charge is -2.20. The molecule has 0 saturated carbocycles. The first kappa shape index (κ1) is 13.3. The zero-order valence-corrected chi connectivity index (χ0v) is 10.7. The van der Waals surface area contributed by atoms with Crippen LogP contribution in [0.15, 0.2) is 0 Å². The van der Waals surface area contributed by atoms with Crippen LogP contribution >= 0.6 is 0 Å².